The van der Waals surface area contributed by atoms with Crippen LogP contribution in [0.15, 0.2) is 18.5 Å². The van der Waals surface area contributed by atoms with Crippen molar-refractivity contribution in [2.45, 2.75) is 51.6 Å². The second kappa shape index (κ2) is 7.23. The number of anilines is 1. The van der Waals surface area contributed by atoms with Crippen LogP contribution in [0.25, 0.3) is 0 Å². The van der Waals surface area contributed by atoms with Crippen LogP contribution < -0.4 is 5.73 Å². The van der Waals surface area contributed by atoms with Crippen molar-refractivity contribution in [1.29, 1.82) is 0 Å². The van der Waals surface area contributed by atoms with Gasteiger partial charge >= 0.3 is 0 Å². The standard InChI is InChI=1S/C13H22N2O/c1-2-3-4-5-6-12(16)9-11-10-15-8-7-13(11)14/h7-8,10,12,16H,2-6,9H2,1H3,(H2,14,15). The van der Waals surface area contributed by atoms with E-state index in [0.717, 1.165) is 24.1 Å². The van der Waals surface area contributed by atoms with E-state index in [9.17, 15) is 5.11 Å². The van der Waals surface area contributed by atoms with Crippen molar-refractivity contribution in [1.82, 2.24) is 4.98 Å². The summed E-state index contributed by atoms with van der Waals surface area (Å²) in [5, 5.41) is 9.84. The smallest absolute Gasteiger partial charge is 0.0581 e. The van der Waals surface area contributed by atoms with Gasteiger partial charge in [-0.2, -0.15) is 0 Å². The second-order valence-corrected chi connectivity index (χ2v) is 4.28. The van der Waals surface area contributed by atoms with Gasteiger partial charge < -0.3 is 10.8 Å². The number of nitrogens with zero attached hydrogens (tertiary/aromatic N) is 1. The fraction of sp³-hybridized carbons (Fsp3) is 0.615. The van der Waals surface area contributed by atoms with Gasteiger partial charge in [0.2, 0.25) is 0 Å². The number of rotatable bonds is 7. The van der Waals surface area contributed by atoms with Crippen LogP contribution in [0.3, 0.4) is 0 Å². The van der Waals surface area contributed by atoms with Gasteiger partial charge in [-0.05, 0) is 18.1 Å². The molecule has 0 aliphatic carbocycles. The first-order chi connectivity index (χ1) is 7.74. The van der Waals surface area contributed by atoms with Crippen LogP contribution in [0.2, 0.25) is 0 Å². The van der Waals surface area contributed by atoms with Crippen LogP contribution in [0.1, 0.15) is 44.6 Å². The molecule has 0 aliphatic rings. The van der Waals surface area contributed by atoms with Crippen LogP contribution in [0, 0.1) is 0 Å². The molecule has 0 amide bonds. The molecule has 1 aromatic rings. The fourth-order valence-corrected chi connectivity index (χ4v) is 1.77. The zero-order valence-corrected chi connectivity index (χ0v) is 10.0. The molecule has 90 valence electrons. The molecule has 3 N–H and O–H groups in total. The molecule has 1 aromatic heterocycles. The molecule has 1 atom stereocenters. The summed E-state index contributed by atoms with van der Waals surface area (Å²) in [6.45, 7) is 2.19. The summed E-state index contributed by atoms with van der Waals surface area (Å²) in [4.78, 5) is 4.02. The molecule has 1 rings (SSSR count). The number of hydrogen-bond donors (Lipinski definition) is 2. The van der Waals surface area contributed by atoms with Crippen LogP contribution in [0.5, 0.6) is 0 Å². The monoisotopic (exact) mass is 222 g/mol. The molecule has 0 bridgehead atoms. The van der Waals surface area contributed by atoms with Gasteiger partial charge in [0.15, 0.2) is 0 Å². The molecular formula is C13H22N2O. The van der Waals surface area contributed by atoms with Gasteiger partial charge in [0.25, 0.3) is 0 Å². The summed E-state index contributed by atoms with van der Waals surface area (Å²) in [7, 11) is 0. The van der Waals surface area contributed by atoms with E-state index in [4.69, 9.17) is 5.73 Å². The Balaban J connectivity index is 2.28. The molecule has 0 spiro atoms. The zero-order valence-electron chi connectivity index (χ0n) is 10.0. The van der Waals surface area contributed by atoms with E-state index in [1.165, 1.54) is 19.3 Å². The summed E-state index contributed by atoms with van der Waals surface area (Å²) in [6, 6.07) is 1.78. The SMILES string of the molecule is CCCCCCC(O)Cc1cnccc1N. The average Bonchev–Trinajstić information content (AvgIpc) is 2.28. The molecule has 1 heterocycles. The first-order valence-corrected chi connectivity index (χ1v) is 6.10. The van der Waals surface area contributed by atoms with Crippen molar-refractivity contribution in [3.05, 3.63) is 24.0 Å². The Morgan fingerprint density at radius 2 is 2.19 bits per heavy atom. The number of pyridine rings is 1. The van der Waals surface area contributed by atoms with Crippen molar-refractivity contribution < 1.29 is 5.11 Å². The summed E-state index contributed by atoms with van der Waals surface area (Å²) in [5.74, 6) is 0. The Labute approximate surface area is 97.7 Å². The molecule has 0 saturated heterocycles. The van der Waals surface area contributed by atoms with Crippen molar-refractivity contribution in [3.63, 3.8) is 0 Å². The van der Waals surface area contributed by atoms with Crippen LogP contribution in [0.4, 0.5) is 5.69 Å². The molecule has 3 nitrogen and oxygen atoms in total. The minimum atomic E-state index is -0.289. The summed E-state index contributed by atoms with van der Waals surface area (Å²) >= 11 is 0. The lowest BCUT2D eigenvalue weighted by Crippen LogP contribution is -2.11. The molecule has 0 aromatic carbocycles. The predicted molar refractivity (Wildman–Crippen MR) is 67.1 cm³/mol. The molecule has 0 fully saturated rings. The van der Waals surface area contributed by atoms with Crippen molar-refractivity contribution >= 4 is 5.69 Å². The van der Waals surface area contributed by atoms with Crippen molar-refractivity contribution in [2.75, 3.05) is 5.73 Å². The number of nitrogens with two attached hydrogens (primary N) is 1. The van der Waals surface area contributed by atoms with Crippen LogP contribution in [-0.4, -0.2) is 16.2 Å². The van der Waals surface area contributed by atoms with Gasteiger partial charge in [0, 0.05) is 24.5 Å². The average molecular weight is 222 g/mol. The minimum absolute atomic E-state index is 0.289. The van der Waals surface area contributed by atoms with E-state index in [2.05, 4.69) is 11.9 Å². The topological polar surface area (TPSA) is 59.1 Å². The van der Waals surface area contributed by atoms with Crippen LogP contribution >= 0.6 is 0 Å². The van der Waals surface area contributed by atoms with E-state index >= 15 is 0 Å². The Morgan fingerprint density at radius 3 is 2.88 bits per heavy atom. The van der Waals surface area contributed by atoms with Crippen molar-refractivity contribution in [2.24, 2.45) is 0 Å². The van der Waals surface area contributed by atoms with Gasteiger partial charge in [-0.3, -0.25) is 4.98 Å². The lowest BCUT2D eigenvalue weighted by molar-refractivity contribution is 0.161. The number of hydrogen-bond acceptors (Lipinski definition) is 3. The van der Waals surface area contributed by atoms with E-state index in [0.29, 0.717) is 6.42 Å². The maximum atomic E-state index is 9.84. The molecule has 0 radical (unpaired) electrons. The maximum Gasteiger partial charge on any atom is 0.0581 e. The highest BCUT2D eigenvalue weighted by Crippen LogP contribution is 2.14. The largest absolute Gasteiger partial charge is 0.398 e. The third kappa shape index (κ3) is 4.62. The third-order valence-electron chi connectivity index (χ3n) is 2.79. The number of nitrogen functional groups attached to an aromatic ring is 1. The molecule has 1 unspecified atom stereocenters. The lowest BCUT2D eigenvalue weighted by Gasteiger charge is -2.11. The summed E-state index contributed by atoms with van der Waals surface area (Å²) in [5.41, 5.74) is 7.47. The van der Waals surface area contributed by atoms with Crippen LogP contribution in [-0.2, 0) is 6.42 Å². The van der Waals surface area contributed by atoms with E-state index in [1.54, 1.807) is 18.5 Å². The quantitative estimate of drug-likeness (QED) is 0.697. The van der Waals surface area contributed by atoms with Gasteiger partial charge in [-0.25, -0.2) is 0 Å². The number of aromatic nitrogens is 1. The summed E-state index contributed by atoms with van der Waals surface area (Å²) < 4.78 is 0. The van der Waals surface area contributed by atoms with E-state index in [1.807, 2.05) is 0 Å². The van der Waals surface area contributed by atoms with Gasteiger partial charge in [-0.15, -0.1) is 0 Å². The number of unbranched alkanes of at least 4 members (excludes halogenated alkanes) is 3. The Hall–Kier alpha value is -1.09. The lowest BCUT2D eigenvalue weighted by atomic mass is 10.0. The van der Waals surface area contributed by atoms with E-state index in [-0.39, 0.29) is 6.10 Å². The normalized spacial score (nSPS) is 12.6. The molecule has 3 heteroatoms. The molecule has 0 aliphatic heterocycles. The highest BCUT2D eigenvalue weighted by atomic mass is 16.3. The molecular weight excluding hydrogens is 200 g/mol. The first kappa shape index (κ1) is 13.0. The van der Waals surface area contributed by atoms with Gasteiger partial charge in [0.05, 0.1) is 6.10 Å². The highest BCUT2D eigenvalue weighted by Gasteiger charge is 2.07. The highest BCUT2D eigenvalue weighted by molar-refractivity contribution is 5.44. The molecule has 16 heavy (non-hydrogen) atoms. The first-order valence-electron chi connectivity index (χ1n) is 6.10. The minimum Gasteiger partial charge on any atom is -0.398 e. The third-order valence-corrected chi connectivity index (χ3v) is 2.79. The van der Waals surface area contributed by atoms with Crippen molar-refractivity contribution in [3.8, 4) is 0 Å². The zero-order chi connectivity index (χ0) is 11.8. The van der Waals surface area contributed by atoms with Gasteiger partial charge in [0.1, 0.15) is 0 Å². The Bertz CT molecular complexity index is 302. The predicted octanol–water partition coefficient (Wildman–Crippen LogP) is 2.54. The second-order valence-electron chi connectivity index (χ2n) is 4.28. The Kier molecular flexibility index (Phi) is 5.86. The number of aliphatic hydroxyl groups excluding tert-OH is 1. The fourth-order valence-electron chi connectivity index (χ4n) is 1.77. The molecule has 0 saturated carbocycles. The maximum absolute atomic E-state index is 9.84. The summed E-state index contributed by atoms with van der Waals surface area (Å²) in [6.07, 6.45) is 9.37. The number of aliphatic hydroxyl groups is 1. The van der Waals surface area contributed by atoms with Gasteiger partial charge in [-0.1, -0.05) is 32.6 Å². The van der Waals surface area contributed by atoms with E-state index < -0.39 is 0 Å². The Morgan fingerprint density at radius 1 is 1.38 bits per heavy atom.